The van der Waals surface area contributed by atoms with Crippen molar-refractivity contribution in [2.45, 2.75) is 40.7 Å². The lowest BCUT2D eigenvalue weighted by molar-refractivity contribution is 0.0940. The van der Waals surface area contributed by atoms with Crippen LogP contribution in [0.3, 0.4) is 0 Å². The SMILES string of the molecule is CCN(c1ccc(C(=O)NC(C)c2cc(C)ccc2C)cc1)S(=O)(=O)CC. The van der Waals surface area contributed by atoms with Gasteiger partial charge >= 0.3 is 0 Å². The van der Waals surface area contributed by atoms with Crippen molar-refractivity contribution in [2.24, 2.45) is 0 Å². The molecule has 1 N–H and O–H groups in total. The van der Waals surface area contributed by atoms with Crippen LogP contribution in [-0.2, 0) is 10.0 Å². The van der Waals surface area contributed by atoms with Gasteiger partial charge in [0, 0.05) is 12.1 Å². The van der Waals surface area contributed by atoms with Crippen LogP contribution in [0.5, 0.6) is 0 Å². The van der Waals surface area contributed by atoms with Crippen LogP contribution in [-0.4, -0.2) is 26.6 Å². The number of benzene rings is 2. The second kappa shape index (κ2) is 8.57. The lowest BCUT2D eigenvalue weighted by Crippen LogP contribution is -2.32. The molecule has 0 fully saturated rings. The quantitative estimate of drug-likeness (QED) is 0.780. The summed E-state index contributed by atoms with van der Waals surface area (Å²) in [7, 11) is -3.33. The van der Waals surface area contributed by atoms with E-state index in [9.17, 15) is 13.2 Å². The highest BCUT2D eigenvalue weighted by atomic mass is 32.2. The highest BCUT2D eigenvalue weighted by Gasteiger charge is 2.19. The lowest BCUT2D eigenvalue weighted by atomic mass is 9.99. The third kappa shape index (κ3) is 4.89. The van der Waals surface area contributed by atoms with E-state index in [4.69, 9.17) is 0 Å². The average Bonchev–Trinajstić information content (AvgIpc) is 2.64. The molecule has 6 heteroatoms. The molecule has 2 rings (SSSR count). The zero-order chi connectivity index (χ0) is 20.2. The fourth-order valence-electron chi connectivity index (χ4n) is 3.06. The summed E-state index contributed by atoms with van der Waals surface area (Å²) in [4.78, 5) is 12.6. The molecule has 0 bridgehead atoms. The van der Waals surface area contributed by atoms with Crippen LogP contribution in [0.15, 0.2) is 42.5 Å². The van der Waals surface area contributed by atoms with E-state index >= 15 is 0 Å². The van der Waals surface area contributed by atoms with Gasteiger partial charge in [-0.1, -0.05) is 23.8 Å². The topological polar surface area (TPSA) is 66.5 Å². The maximum absolute atomic E-state index is 12.6. The maximum Gasteiger partial charge on any atom is 0.251 e. The lowest BCUT2D eigenvalue weighted by Gasteiger charge is -2.22. The zero-order valence-corrected chi connectivity index (χ0v) is 17.4. The molecule has 2 aromatic rings. The molecule has 1 atom stereocenters. The molecule has 0 radical (unpaired) electrons. The molecule has 0 spiro atoms. The van der Waals surface area contributed by atoms with E-state index in [0.717, 1.165) is 16.7 Å². The first-order valence-electron chi connectivity index (χ1n) is 9.18. The molecule has 1 unspecified atom stereocenters. The zero-order valence-electron chi connectivity index (χ0n) is 16.6. The minimum absolute atomic E-state index is 0.0381. The van der Waals surface area contributed by atoms with E-state index in [-0.39, 0.29) is 17.7 Å². The third-order valence-corrected chi connectivity index (χ3v) is 6.52. The largest absolute Gasteiger partial charge is 0.346 e. The molecule has 0 saturated carbocycles. The van der Waals surface area contributed by atoms with Crippen molar-refractivity contribution in [3.05, 3.63) is 64.7 Å². The van der Waals surface area contributed by atoms with E-state index in [1.165, 1.54) is 4.31 Å². The Hall–Kier alpha value is -2.34. The number of hydrogen-bond acceptors (Lipinski definition) is 3. The van der Waals surface area contributed by atoms with E-state index in [1.54, 1.807) is 38.1 Å². The van der Waals surface area contributed by atoms with Gasteiger partial charge < -0.3 is 5.32 Å². The standard InChI is InChI=1S/C21H28N2O3S/c1-6-23(27(25,26)7-2)19-12-10-18(11-13-19)21(24)22-17(5)20-14-15(3)8-9-16(20)4/h8-14,17H,6-7H2,1-5H3,(H,22,24). The van der Waals surface area contributed by atoms with Gasteiger partial charge in [-0.15, -0.1) is 0 Å². The van der Waals surface area contributed by atoms with Crippen molar-refractivity contribution in [3.8, 4) is 0 Å². The van der Waals surface area contributed by atoms with Gasteiger partial charge in [-0.2, -0.15) is 0 Å². The smallest absolute Gasteiger partial charge is 0.251 e. The summed E-state index contributed by atoms with van der Waals surface area (Å²) in [6, 6.07) is 12.7. The second-order valence-corrected chi connectivity index (χ2v) is 8.85. The van der Waals surface area contributed by atoms with Gasteiger partial charge in [0.1, 0.15) is 0 Å². The molecule has 0 heterocycles. The maximum atomic E-state index is 12.6. The molecule has 0 aromatic heterocycles. The van der Waals surface area contributed by atoms with Crippen molar-refractivity contribution in [1.29, 1.82) is 0 Å². The van der Waals surface area contributed by atoms with Crippen LogP contribution in [0, 0.1) is 13.8 Å². The molecule has 27 heavy (non-hydrogen) atoms. The summed E-state index contributed by atoms with van der Waals surface area (Å²) in [6.45, 7) is 9.78. The normalized spacial score (nSPS) is 12.5. The van der Waals surface area contributed by atoms with Crippen LogP contribution in [0.1, 0.15) is 53.9 Å². The van der Waals surface area contributed by atoms with Gasteiger partial charge in [-0.05, 0) is 70.0 Å². The number of carbonyl (C=O) groups is 1. The molecule has 2 aromatic carbocycles. The molecular formula is C21H28N2O3S. The average molecular weight is 389 g/mol. The fourth-order valence-corrected chi connectivity index (χ4v) is 4.21. The predicted molar refractivity (Wildman–Crippen MR) is 111 cm³/mol. The van der Waals surface area contributed by atoms with Gasteiger partial charge in [0.25, 0.3) is 5.91 Å². The van der Waals surface area contributed by atoms with Crippen LogP contribution < -0.4 is 9.62 Å². The Kier molecular flexibility index (Phi) is 6.65. The van der Waals surface area contributed by atoms with E-state index < -0.39 is 10.0 Å². The van der Waals surface area contributed by atoms with Gasteiger partial charge in [0.15, 0.2) is 0 Å². The van der Waals surface area contributed by atoms with Crippen molar-refractivity contribution >= 4 is 21.6 Å². The first-order chi connectivity index (χ1) is 12.7. The number of carbonyl (C=O) groups excluding carboxylic acids is 1. The molecule has 0 saturated heterocycles. The van der Waals surface area contributed by atoms with E-state index in [1.807, 2.05) is 20.8 Å². The van der Waals surface area contributed by atoms with Crippen LogP contribution in [0.2, 0.25) is 0 Å². The summed E-state index contributed by atoms with van der Waals surface area (Å²) < 4.78 is 25.7. The second-order valence-electron chi connectivity index (χ2n) is 6.67. The predicted octanol–water partition coefficient (Wildman–Crippen LogP) is 3.97. The first-order valence-corrected chi connectivity index (χ1v) is 10.8. The van der Waals surface area contributed by atoms with Crippen molar-refractivity contribution in [2.75, 3.05) is 16.6 Å². The number of hydrogen-bond donors (Lipinski definition) is 1. The Morgan fingerprint density at radius 3 is 2.26 bits per heavy atom. The van der Waals surface area contributed by atoms with Crippen molar-refractivity contribution < 1.29 is 13.2 Å². The van der Waals surface area contributed by atoms with Gasteiger partial charge in [0.2, 0.25) is 10.0 Å². The van der Waals surface area contributed by atoms with Crippen LogP contribution in [0.4, 0.5) is 5.69 Å². The first kappa shape index (κ1) is 21.0. The molecule has 0 aliphatic carbocycles. The Labute approximate surface area is 162 Å². The third-order valence-electron chi connectivity index (χ3n) is 4.65. The molecule has 5 nitrogen and oxygen atoms in total. The Balaban J connectivity index is 2.17. The summed E-state index contributed by atoms with van der Waals surface area (Å²) >= 11 is 0. The number of nitrogens with one attached hydrogen (secondary N) is 1. The number of aryl methyl sites for hydroxylation is 2. The van der Waals surface area contributed by atoms with Gasteiger partial charge in [0.05, 0.1) is 17.5 Å². The Morgan fingerprint density at radius 1 is 1.07 bits per heavy atom. The number of nitrogens with zero attached hydrogens (tertiary/aromatic N) is 1. The molecule has 1 amide bonds. The highest BCUT2D eigenvalue weighted by Crippen LogP contribution is 2.21. The molecular weight excluding hydrogens is 360 g/mol. The van der Waals surface area contributed by atoms with Crippen LogP contribution in [0.25, 0.3) is 0 Å². The van der Waals surface area contributed by atoms with Crippen molar-refractivity contribution in [1.82, 2.24) is 5.32 Å². The summed E-state index contributed by atoms with van der Waals surface area (Å²) in [5, 5.41) is 3.01. The molecule has 0 aliphatic heterocycles. The summed E-state index contributed by atoms with van der Waals surface area (Å²) in [6.07, 6.45) is 0. The van der Waals surface area contributed by atoms with E-state index in [0.29, 0.717) is 17.8 Å². The van der Waals surface area contributed by atoms with Crippen molar-refractivity contribution in [3.63, 3.8) is 0 Å². The minimum atomic E-state index is -3.33. The number of sulfonamides is 1. The monoisotopic (exact) mass is 388 g/mol. The minimum Gasteiger partial charge on any atom is -0.346 e. The Bertz CT molecular complexity index is 906. The summed E-state index contributed by atoms with van der Waals surface area (Å²) in [5.74, 6) is -0.146. The molecule has 146 valence electrons. The fraction of sp³-hybridized carbons (Fsp3) is 0.381. The number of rotatable bonds is 7. The summed E-state index contributed by atoms with van der Waals surface area (Å²) in [5.41, 5.74) is 4.44. The van der Waals surface area contributed by atoms with E-state index in [2.05, 4.69) is 23.5 Å². The van der Waals surface area contributed by atoms with Gasteiger partial charge in [-0.25, -0.2) is 8.42 Å². The molecule has 0 aliphatic rings. The number of amides is 1. The number of anilines is 1. The Morgan fingerprint density at radius 2 is 1.70 bits per heavy atom. The van der Waals surface area contributed by atoms with Crippen LogP contribution >= 0.6 is 0 Å². The highest BCUT2D eigenvalue weighted by molar-refractivity contribution is 7.92. The van der Waals surface area contributed by atoms with Gasteiger partial charge in [-0.3, -0.25) is 9.10 Å².